The van der Waals surface area contributed by atoms with Gasteiger partial charge < -0.3 is 11.1 Å². The molecule has 3 rings (SSSR count). The first kappa shape index (κ1) is 19.0. The number of hydrogen-bond donors (Lipinski definition) is 2. The molecule has 27 heavy (non-hydrogen) atoms. The van der Waals surface area contributed by atoms with Gasteiger partial charge in [0.05, 0.1) is 18.7 Å². The van der Waals surface area contributed by atoms with E-state index in [2.05, 4.69) is 10.4 Å². The molecule has 1 aromatic carbocycles. The minimum absolute atomic E-state index is 0.0745. The fraction of sp³-hybridized carbons (Fsp3) is 0.421. The lowest BCUT2D eigenvalue weighted by atomic mass is 9.92. The fourth-order valence-corrected chi connectivity index (χ4v) is 3.37. The molecule has 1 heterocycles. The van der Waals surface area contributed by atoms with Gasteiger partial charge in [-0.15, -0.1) is 0 Å². The van der Waals surface area contributed by atoms with Gasteiger partial charge in [0.15, 0.2) is 0 Å². The number of anilines is 1. The van der Waals surface area contributed by atoms with Gasteiger partial charge in [0.2, 0.25) is 11.8 Å². The lowest BCUT2D eigenvalue weighted by Crippen LogP contribution is -2.29. The second-order valence-corrected chi connectivity index (χ2v) is 6.95. The number of primary amides is 1. The van der Waals surface area contributed by atoms with Gasteiger partial charge in [-0.25, -0.2) is 13.5 Å². The van der Waals surface area contributed by atoms with Crippen molar-refractivity contribution >= 4 is 17.6 Å². The Hall–Kier alpha value is -2.77. The van der Waals surface area contributed by atoms with E-state index >= 15 is 0 Å². The first-order chi connectivity index (χ1) is 12.8. The van der Waals surface area contributed by atoms with Crippen LogP contribution in [0.25, 0.3) is 0 Å². The van der Waals surface area contributed by atoms with Crippen LogP contribution in [0.1, 0.15) is 53.2 Å². The smallest absolute Gasteiger partial charge is 0.254 e. The maximum atomic E-state index is 13.4. The second kappa shape index (κ2) is 7.46. The molecule has 0 atom stereocenters. The van der Waals surface area contributed by atoms with Crippen LogP contribution in [-0.4, -0.2) is 27.5 Å². The van der Waals surface area contributed by atoms with Crippen LogP contribution in [0.5, 0.6) is 0 Å². The van der Waals surface area contributed by atoms with Crippen LogP contribution in [0.3, 0.4) is 0 Å². The monoisotopic (exact) mass is 376 g/mol. The summed E-state index contributed by atoms with van der Waals surface area (Å²) in [5, 5.41) is 6.85. The normalized spacial score (nSPS) is 16.9. The highest BCUT2D eigenvalue weighted by Crippen LogP contribution is 2.39. The molecular formula is C19H22F2N4O2. The van der Waals surface area contributed by atoms with Crippen molar-refractivity contribution < 1.29 is 18.4 Å². The number of hydrogen-bond acceptors (Lipinski definition) is 3. The predicted octanol–water partition coefficient (Wildman–Crippen LogP) is 3.22. The molecule has 0 aliphatic heterocycles. The van der Waals surface area contributed by atoms with Crippen molar-refractivity contribution in [2.24, 2.45) is 5.73 Å². The van der Waals surface area contributed by atoms with Crippen LogP contribution in [0.15, 0.2) is 30.5 Å². The summed E-state index contributed by atoms with van der Waals surface area (Å²) < 4.78 is 28.3. The summed E-state index contributed by atoms with van der Waals surface area (Å²) in [7, 11) is 0. The Morgan fingerprint density at radius 2 is 1.96 bits per heavy atom. The molecule has 1 saturated carbocycles. The van der Waals surface area contributed by atoms with Gasteiger partial charge in [-0.05, 0) is 30.9 Å². The van der Waals surface area contributed by atoms with Crippen molar-refractivity contribution in [3.05, 3.63) is 47.2 Å². The summed E-state index contributed by atoms with van der Waals surface area (Å²) in [6.45, 7) is 1.91. The quantitative estimate of drug-likeness (QED) is 0.839. The van der Waals surface area contributed by atoms with Crippen LogP contribution < -0.4 is 11.1 Å². The van der Waals surface area contributed by atoms with E-state index in [1.54, 1.807) is 0 Å². The number of aryl methyl sites for hydroxylation is 1. The first-order valence-corrected chi connectivity index (χ1v) is 8.86. The van der Waals surface area contributed by atoms with Gasteiger partial charge in [0, 0.05) is 12.8 Å². The molecule has 6 nitrogen and oxygen atoms in total. The zero-order valence-corrected chi connectivity index (χ0v) is 15.0. The molecule has 0 unspecified atom stereocenters. The van der Waals surface area contributed by atoms with Crippen molar-refractivity contribution in [2.45, 2.75) is 51.0 Å². The maximum Gasteiger partial charge on any atom is 0.254 e. The van der Waals surface area contributed by atoms with Crippen molar-refractivity contribution in [3.8, 4) is 0 Å². The lowest BCUT2D eigenvalue weighted by molar-refractivity contribution is -0.115. The molecule has 2 aromatic rings. The summed E-state index contributed by atoms with van der Waals surface area (Å²) in [4.78, 5) is 24.2. The zero-order valence-electron chi connectivity index (χ0n) is 15.0. The number of nitrogens with two attached hydrogens (primary N) is 1. The van der Waals surface area contributed by atoms with Crippen LogP contribution in [-0.2, 0) is 11.2 Å². The molecule has 2 amide bonds. The number of amides is 2. The number of nitrogens with one attached hydrogen (secondary N) is 1. The highest BCUT2D eigenvalue weighted by atomic mass is 19.3. The standard InChI is InChI=1S/C19H22F2N4O2/c1-12-4-2-3-5-13(12)10-16(26)24-18-15(17(22)27)11-23-25(18)14-6-8-19(20,21)9-7-14/h2-5,11,14H,6-10H2,1H3,(H2,22,27)(H,24,26). The molecule has 0 bridgehead atoms. The van der Waals surface area contributed by atoms with Crippen molar-refractivity contribution in [2.75, 3.05) is 5.32 Å². The molecule has 1 fully saturated rings. The van der Waals surface area contributed by atoms with Crippen molar-refractivity contribution in [1.29, 1.82) is 0 Å². The molecule has 1 aliphatic rings. The summed E-state index contributed by atoms with van der Waals surface area (Å²) >= 11 is 0. The summed E-state index contributed by atoms with van der Waals surface area (Å²) in [5.74, 6) is -3.55. The molecule has 1 aromatic heterocycles. The molecule has 0 spiro atoms. The van der Waals surface area contributed by atoms with Gasteiger partial charge in [0.1, 0.15) is 11.4 Å². The summed E-state index contributed by atoms with van der Waals surface area (Å²) in [5.41, 5.74) is 7.30. The van der Waals surface area contributed by atoms with E-state index in [0.717, 1.165) is 11.1 Å². The zero-order chi connectivity index (χ0) is 19.6. The van der Waals surface area contributed by atoms with E-state index in [1.165, 1.54) is 10.9 Å². The second-order valence-electron chi connectivity index (χ2n) is 6.95. The summed E-state index contributed by atoms with van der Waals surface area (Å²) in [6, 6.07) is 7.17. The number of rotatable bonds is 5. The number of carbonyl (C=O) groups is 2. The topological polar surface area (TPSA) is 90.0 Å². The average Bonchev–Trinajstić information content (AvgIpc) is 3.00. The third-order valence-electron chi connectivity index (χ3n) is 4.96. The van der Waals surface area contributed by atoms with Gasteiger partial charge in [-0.3, -0.25) is 9.59 Å². The summed E-state index contributed by atoms with van der Waals surface area (Å²) in [6.07, 6.45) is 1.33. The van der Waals surface area contributed by atoms with Gasteiger partial charge in [0.25, 0.3) is 5.91 Å². The number of carbonyl (C=O) groups excluding carboxylic acids is 2. The van der Waals surface area contributed by atoms with Crippen molar-refractivity contribution in [3.63, 3.8) is 0 Å². The van der Waals surface area contributed by atoms with Gasteiger partial charge in [-0.2, -0.15) is 5.10 Å². The third-order valence-corrected chi connectivity index (χ3v) is 4.96. The largest absolute Gasteiger partial charge is 0.365 e. The van der Waals surface area contributed by atoms with Crippen LogP contribution in [0, 0.1) is 6.92 Å². The number of aromatic nitrogens is 2. The number of benzene rings is 1. The molecule has 8 heteroatoms. The van der Waals surface area contributed by atoms with Crippen molar-refractivity contribution in [1.82, 2.24) is 9.78 Å². The maximum absolute atomic E-state index is 13.4. The van der Waals surface area contributed by atoms with Crippen LogP contribution in [0.2, 0.25) is 0 Å². The number of halogens is 2. The van der Waals surface area contributed by atoms with Gasteiger partial charge >= 0.3 is 0 Å². The van der Waals surface area contributed by atoms with Crippen LogP contribution >= 0.6 is 0 Å². The molecule has 1 aliphatic carbocycles. The Kier molecular flexibility index (Phi) is 5.25. The third kappa shape index (κ3) is 4.32. The van der Waals surface area contributed by atoms with Gasteiger partial charge in [-0.1, -0.05) is 24.3 Å². The first-order valence-electron chi connectivity index (χ1n) is 8.86. The molecular weight excluding hydrogens is 354 g/mol. The lowest BCUT2D eigenvalue weighted by Gasteiger charge is -2.29. The Balaban J connectivity index is 1.81. The number of nitrogens with zero attached hydrogens (tertiary/aromatic N) is 2. The molecule has 144 valence electrons. The Bertz CT molecular complexity index is 853. The van der Waals surface area contributed by atoms with E-state index in [0.29, 0.717) is 0 Å². The molecule has 3 N–H and O–H groups in total. The minimum atomic E-state index is -2.68. The highest BCUT2D eigenvalue weighted by molar-refractivity contribution is 6.02. The molecule has 0 saturated heterocycles. The molecule has 0 radical (unpaired) electrons. The van der Waals surface area contributed by atoms with E-state index in [4.69, 9.17) is 5.73 Å². The van der Waals surface area contributed by atoms with E-state index < -0.39 is 11.8 Å². The predicted molar refractivity (Wildman–Crippen MR) is 96.7 cm³/mol. The SMILES string of the molecule is Cc1ccccc1CC(=O)Nc1c(C(N)=O)cnn1C1CCC(F)(F)CC1. The van der Waals surface area contributed by atoms with E-state index in [-0.39, 0.29) is 55.4 Å². The Morgan fingerprint density at radius 1 is 1.30 bits per heavy atom. The van der Waals surface area contributed by atoms with Crippen LogP contribution in [0.4, 0.5) is 14.6 Å². The van der Waals surface area contributed by atoms with E-state index in [9.17, 15) is 18.4 Å². The average molecular weight is 376 g/mol. The minimum Gasteiger partial charge on any atom is -0.365 e. The fourth-order valence-electron chi connectivity index (χ4n) is 3.37. The number of alkyl halides is 2. The van der Waals surface area contributed by atoms with E-state index in [1.807, 2.05) is 31.2 Å². The Morgan fingerprint density at radius 3 is 2.59 bits per heavy atom. The highest BCUT2D eigenvalue weighted by Gasteiger charge is 2.37. The Labute approximate surface area is 155 Å².